The minimum atomic E-state index is -4.57. The molecule has 1 aromatic carbocycles. The van der Waals surface area contributed by atoms with E-state index in [2.05, 4.69) is 17.6 Å². The number of likely N-dealkylation sites (N-methyl/N-ethyl adjacent to an activating group) is 2. The van der Waals surface area contributed by atoms with E-state index in [1.807, 2.05) is 62.9 Å². The van der Waals surface area contributed by atoms with Crippen molar-refractivity contribution in [1.82, 2.24) is 14.7 Å². The first-order chi connectivity index (χ1) is 19.9. The molecule has 2 heterocycles. The molecule has 42 heavy (non-hydrogen) atoms. The van der Waals surface area contributed by atoms with Crippen LogP contribution in [0.15, 0.2) is 77.4 Å². The number of aliphatic imine (C=N–C) groups is 1. The predicted molar refractivity (Wildman–Crippen MR) is 166 cm³/mol. The molecule has 1 aromatic rings. The fourth-order valence-electron chi connectivity index (χ4n) is 5.95. The largest absolute Gasteiger partial charge is 0.418 e. The molecule has 1 aliphatic carbocycles. The highest BCUT2D eigenvalue weighted by Gasteiger charge is 2.40. The first-order valence-electron chi connectivity index (χ1n) is 14.9. The summed E-state index contributed by atoms with van der Waals surface area (Å²) in [5.41, 5.74) is 1.59. The Morgan fingerprint density at radius 1 is 1.17 bits per heavy atom. The summed E-state index contributed by atoms with van der Waals surface area (Å²) >= 11 is 0. The van der Waals surface area contributed by atoms with Gasteiger partial charge in [0.2, 0.25) is 0 Å². The van der Waals surface area contributed by atoms with Crippen LogP contribution in [0.2, 0.25) is 0 Å². The number of hydrogen-bond donors (Lipinski definition) is 0. The van der Waals surface area contributed by atoms with E-state index in [4.69, 9.17) is 0 Å². The Balaban J connectivity index is 0.00000237. The third-order valence-electron chi connectivity index (χ3n) is 8.38. The minimum Gasteiger partial charge on any atom is -0.366 e. The van der Waals surface area contributed by atoms with Gasteiger partial charge in [0.25, 0.3) is 0 Å². The number of likely N-dealkylation sites (tertiary alicyclic amines) is 1. The Kier molecular flexibility index (Phi) is 11.5. The predicted octanol–water partition coefficient (Wildman–Crippen LogP) is 7.73. The molecule has 9 heteroatoms. The van der Waals surface area contributed by atoms with Gasteiger partial charge in [0.15, 0.2) is 0 Å². The average Bonchev–Trinajstić information content (AvgIpc) is 3.37. The fourth-order valence-corrected chi connectivity index (χ4v) is 5.95. The molecule has 0 aromatic heterocycles. The maximum atomic E-state index is 14.4. The molecule has 3 atom stereocenters. The lowest BCUT2D eigenvalue weighted by molar-refractivity contribution is -0.0912. The van der Waals surface area contributed by atoms with Crippen molar-refractivity contribution in [2.75, 3.05) is 46.2 Å². The summed E-state index contributed by atoms with van der Waals surface area (Å²) in [5, 5.41) is 0. The number of benzene rings is 1. The van der Waals surface area contributed by atoms with E-state index in [9.17, 15) is 17.6 Å². The Morgan fingerprint density at radius 2 is 1.86 bits per heavy atom. The van der Waals surface area contributed by atoms with Gasteiger partial charge in [-0.2, -0.15) is 13.2 Å². The first kappa shape index (κ1) is 33.4. The number of nitrogens with zero attached hydrogens (tertiary/aromatic N) is 5. The molecule has 2 fully saturated rings. The van der Waals surface area contributed by atoms with Crippen molar-refractivity contribution in [2.24, 2.45) is 10.9 Å². The molecule has 0 amide bonds. The zero-order valence-electron chi connectivity index (χ0n) is 26.1. The van der Waals surface area contributed by atoms with Crippen LogP contribution in [0.1, 0.15) is 57.9 Å². The van der Waals surface area contributed by atoms with Crippen LogP contribution in [-0.4, -0.2) is 80.2 Å². The molecule has 2 unspecified atom stereocenters. The average molecular weight is 590 g/mol. The molecule has 0 bridgehead atoms. The highest BCUT2D eigenvalue weighted by molar-refractivity contribution is 5.89. The molecule has 1 saturated heterocycles. The van der Waals surface area contributed by atoms with E-state index in [-0.39, 0.29) is 24.2 Å². The van der Waals surface area contributed by atoms with Crippen LogP contribution in [0, 0.1) is 5.92 Å². The fraction of sp³-hybridized carbons (Fsp3) is 0.545. The van der Waals surface area contributed by atoms with E-state index in [1.165, 1.54) is 29.8 Å². The van der Waals surface area contributed by atoms with Gasteiger partial charge in [0, 0.05) is 77.5 Å². The maximum Gasteiger partial charge on any atom is 0.418 e. The smallest absolute Gasteiger partial charge is 0.366 e. The third-order valence-corrected chi connectivity index (χ3v) is 8.38. The van der Waals surface area contributed by atoms with Crippen LogP contribution in [0.4, 0.5) is 23.2 Å². The van der Waals surface area contributed by atoms with E-state index in [0.717, 1.165) is 29.9 Å². The molecule has 1 saturated carbocycles. The van der Waals surface area contributed by atoms with Crippen molar-refractivity contribution in [1.29, 1.82) is 0 Å². The first-order valence-corrected chi connectivity index (χ1v) is 14.9. The lowest BCUT2D eigenvalue weighted by Gasteiger charge is -2.37. The quantitative estimate of drug-likeness (QED) is 0.176. The standard InChI is InChI=1S/C31H41F4N5.C2H6/c1-7-39(26-13-9-12-23(16-26)29(22-10-8-11-22)30(36-3)37(4)5)20-28-27(31(33,34)35)17-24(18-38(28)6)21(2)40-15-14-25(32)19-40;1-2/h7,9,12-13,16-18,20-22,25,29H,1,8,10-11,14-15,19H2,2-6H3;1-2H3/b28-20-,36-30?;/t21?,25-,29?;/m0./s1. The van der Waals surface area contributed by atoms with Crippen molar-refractivity contribution in [3.8, 4) is 0 Å². The van der Waals surface area contributed by atoms with Crippen LogP contribution >= 0.6 is 0 Å². The number of amidine groups is 1. The molecule has 2 aliphatic heterocycles. The molecule has 4 rings (SSSR count). The van der Waals surface area contributed by atoms with Gasteiger partial charge in [-0.25, -0.2) is 4.39 Å². The number of rotatable bonds is 8. The Labute approximate surface area is 249 Å². The van der Waals surface area contributed by atoms with Crippen molar-refractivity contribution < 1.29 is 17.6 Å². The normalized spacial score (nSPS) is 22.5. The lowest BCUT2D eigenvalue weighted by atomic mass is 9.72. The van der Waals surface area contributed by atoms with E-state index < -0.39 is 17.9 Å². The summed E-state index contributed by atoms with van der Waals surface area (Å²) in [4.78, 5) is 11.7. The maximum absolute atomic E-state index is 14.4. The van der Waals surface area contributed by atoms with Crippen molar-refractivity contribution >= 4 is 11.5 Å². The molecule has 0 N–H and O–H groups in total. The second kappa shape index (κ2) is 14.4. The number of anilines is 1. The van der Waals surface area contributed by atoms with Crippen LogP contribution in [0.5, 0.6) is 0 Å². The van der Waals surface area contributed by atoms with E-state index in [0.29, 0.717) is 24.5 Å². The van der Waals surface area contributed by atoms with Gasteiger partial charge >= 0.3 is 6.18 Å². The molecule has 5 nitrogen and oxygen atoms in total. The van der Waals surface area contributed by atoms with Gasteiger partial charge in [0.1, 0.15) is 12.0 Å². The molecular formula is C33H47F4N5. The summed E-state index contributed by atoms with van der Waals surface area (Å²) in [6.07, 6.45) is 4.25. The van der Waals surface area contributed by atoms with Crippen molar-refractivity contribution in [3.05, 3.63) is 77.9 Å². The summed E-state index contributed by atoms with van der Waals surface area (Å²) < 4.78 is 57.0. The Bertz CT molecular complexity index is 1200. The van der Waals surface area contributed by atoms with Gasteiger partial charge in [-0.15, -0.1) is 0 Å². The zero-order chi connectivity index (χ0) is 31.2. The van der Waals surface area contributed by atoms with Gasteiger partial charge in [0.05, 0.1) is 11.3 Å². The van der Waals surface area contributed by atoms with Crippen LogP contribution in [0.3, 0.4) is 0 Å². The molecule has 232 valence electrons. The molecule has 3 aliphatic rings. The van der Waals surface area contributed by atoms with Gasteiger partial charge in [-0.3, -0.25) is 9.89 Å². The summed E-state index contributed by atoms with van der Waals surface area (Å²) in [5.74, 6) is 1.57. The number of allylic oxidation sites excluding steroid dienone is 1. The zero-order valence-corrected chi connectivity index (χ0v) is 26.1. The summed E-state index contributed by atoms with van der Waals surface area (Å²) in [6, 6.07) is 7.58. The van der Waals surface area contributed by atoms with E-state index in [1.54, 1.807) is 25.2 Å². The van der Waals surface area contributed by atoms with Crippen molar-refractivity contribution in [2.45, 2.75) is 70.8 Å². The van der Waals surface area contributed by atoms with Crippen LogP contribution in [0.25, 0.3) is 0 Å². The SMILES string of the molecule is C=CN(/C=C1/C(C(F)(F)F)=CC(C(C)N2CC[C@H](F)C2)=CN1C)c1cccc(C(C(=NC)N(C)C)C2CCC2)c1.CC. The molecular weight excluding hydrogens is 542 g/mol. The highest BCUT2D eigenvalue weighted by Crippen LogP contribution is 2.42. The number of alkyl halides is 4. The van der Waals surface area contributed by atoms with Gasteiger partial charge in [-0.05, 0) is 61.4 Å². The third kappa shape index (κ3) is 7.46. The summed E-state index contributed by atoms with van der Waals surface area (Å²) in [7, 11) is 7.40. The highest BCUT2D eigenvalue weighted by atomic mass is 19.4. The van der Waals surface area contributed by atoms with E-state index >= 15 is 0 Å². The van der Waals surface area contributed by atoms with Gasteiger partial charge < -0.3 is 14.7 Å². The van der Waals surface area contributed by atoms with Crippen LogP contribution < -0.4 is 4.90 Å². The van der Waals surface area contributed by atoms with Gasteiger partial charge in [-0.1, -0.05) is 39.0 Å². The second-order valence-electron chi connectivity index (χ2n) is 11.2. The number of halogens is 4. The molecule has 0 spiro atoms. The topological polar surface area (TPSA) is 25.3 Å². The lowest BCUT2D eigenvalue weighted by Crippen LogP contribution is -2.36. The molecule has 0 radical (unpaired) electrons. The van der Waals surface area contributed by atoms with Crippen LogP contribution in [-0.2, 0) is 0 Å². The van der Waals surface area contributed by atoms with Crippen molar-refractivity contribution in [3.63, 3.8) is 0 Å². The number of hydrogen-bond acceptors (Lipinski definition) is 4. The Morgan fingerprint density at radius 3 is 2.36 bits per heavy atom. The minimum absolute atomic E-state index is 0.0122. The summed E-state index contributed by atoms with van der Waals surface area (Å²) in [6.45, 7) is 10.5. The Hall–Kier alpha value is -3.07. The second-order valence-corrected chi connectivity index (χ2v) is 11.2. The monoisotopic (exact) mass is 589 g/mol.